The Kier molecular flexibility index (Phi) is 5.51. The minimum Gasteiger partial charge on any atom is -0.406 e. The summed E-state index contributed by atoms with van der Waals surface area (Å²) < 4.78 is 45.5. The number of benzene rings is 1. The third kappa shape index (κ3) is 5.13. The Morgan fingerprint density at radius 3 is 2.45 bits per heavy atom. The van der Waals surface area contributed by atoms with E-state index in [4.69, 9.17) is 10.3 Å². The van der Waals surface area contributed by atoms with E-state index >= 15 is 0 Å². The predicted octanol–water partition coefficient (Wildman–Crippen LogP) is 4.75. The van der Waals surface area contributed by atoms with Crippen LogP contribution in [0.15, 0.2) is 29.4 Å². The summed E-state index contributed by atoms with van der Waals surface area (Å²) in [4.78, 5) is 2.84. The van der Waals surface area contributed by atoms with Crippen LogP contribution in [0.25, 0.3) is 10.4 Å². The van der Waals surface area contributed by atoms with Crippen LogP contribution < -0.4 is 4.74 Å². The van der Waals surface area contributed by atoms with E-state index in [2.05, 4.69) is 14.8 Å². The van der Waals surface area contributed by atoms with Gasteiger partial charge >= 0.3 is 6.36 Å². The van der Waals surface area contributed by atoms with Gasteiger partial charge in [-0.15, -0.1) is 13.2 Å². The first-order valence-electron chi connectivity index (χ1n) is 6.95. The molecule has 0 amide bonds. The van der Waals surface area contributed by atoms with Gasteiger partial charge in [-0.3, -0.25) is 0 Å². The third-order valence-electron chi connectivity index (χ3n) is 3.59. The molecule has 0 N–H and O–H groups in total. The maximum Gasteiger partial charge on any atom is 0.573 e. The van der Waals surface area contributed by atoms with E-state index in [-0.39, 0.29) is 5.75 Å². The quantitative estimate of drug-likeness (QED) is 0.447. The van der Waals surface area contributed by atoms with Gasteiger partial charge in [0.2, 0.25) is 0 Å². The normalized spacial score (nSPS) is 17.6. The van der Waals surface area contributed by atoms with Crippen LogP contribution >= 0.6 is 0 Å². The lowest BCUT2D eigenvalue weighted by atomic mass is 9.90. The molecular weight excluding hydrogens is 299 g/mol. The van der Waals surface area contributed by atoms with Gasteiger partial charge in [-0.25, -0.2) is 0 Å². The zero-order valence-electron chi connectivity index (χ0n) is 11.8. The van der Waals surface area contributed by atoms with Crippen LogP contribution in [0.2, 0.25) is 0 Å². The average Bonchev–Trinajstić information content (AvgIpc) is 2.47. The smallest absolute Gasteiger partial charge is 0.406 e. The van der Waals surface area contributed by atoms with Crippen molar-refractivity contribution in [3.63, 3.8) is 0 Å². The maximum atomic E-state index is 12.1. The Labute approximate surface area is 125 Å². The Bertz CT molecular complexity index is 521. The standard InChI is InChI=1S/C14H16F3N3O2/c15-14(16,17)22-12-3-1-11(2-4-12)13(19-20-18)9-10-5-7-21-8-6-10/h1-4,10,13H,5-9H2. The highest BCUT2D eigenvalue weighted by molar-refractivity contribution is 5.29. The molecule has 1 fully saturated rings. The van der Waals surface area contributed by atoms with E-state index in [1.165, 1.54) is 24.3 Å². The molecule has 5 nitrogen and oxygen atoms in total. The van der Waals surface area contributed by atoms with Gasteiger partial charge in [0.25, 0.3) is 0 Å². The molecule has 1 aliphatic rings. The molecule has 0 spiro atoms. The molecule has 1 saturated heterocycles. The molecule has 1 atom stereocenters. The van der Waals surface area contributed by atoms with Crippen LogP contribution in [0.3, 0.4) is 0 Å². The van der Waals surface area contributed by atoms with Gasteiger partial charge in [0.1, 0.15) is 5.75 Å². The van der Waals surface area contributed by atoms with E-state index in [0.29, 0.717) is 31.1 Å². The van der Waals surface area contributed by atoms with E-state index in [0.717, 1.165) is 12.8 Å². The van der Waals surface area contributed by atoms with Gasteiger partial charge < -0.3 is 9.47 Å². The second-order valence-corrected chi connectivity index (χ2v) is 5.13. The van der Waals surface area contributed by atoms with Crippen molar-refractivity contribution in [2.45, 2.75) is 31.7 Å². The molecule has 1 aliphatic heterocycles. The van der Waals surface area contributed by atoms with Crippen molar-refractivity contribution in [3.8, 4) is 5.75 Å². The van der Waals surface area contributed by atoms with Crippen molar-refractivity contribution in [1.82, 2.24) is 0 Å². The number of nitrogens with zero attached hydrogens (tertiary/aromatic N) is 3. The maximum absolute atomic E-state index is 12.1. The highest BCUT2D eigenvalue weighted by Gasteiger charge is 2.31. The van der Waals surface area contributed by atoms with Gasteiger partial charge in [-0.05, 0) is 48.4 Å². The minimum absolute atomic E-state index is 0.290. The topological polar surface area (TPSA) is 67.2 Å². The summed E-state index contributed by atoms with van der Waals surface area (Å²) in [5, 5.41) is 3.77. The molecule has 1 heterocycles. The summed E-state index contributed by atoms with van der Waals surface area (Å²) in [5.41, 5.74) is 9.37. The first-order chi connectivity index (χ1) is 10.5. The number of alkyl halides is 3. The molecule has 1 aromatic rings. The SMILES string of the molecule is [N-]=[N+]=NC(CC1CCOCC1)c1ccc(OC(F)(F)F)cc1. The van der Waals surface area contributed by atoms with Crippen LogP contribution in [-0.2, 0) is 4.74 Å². The zero-order chi connectivity index (χ0) is 16.0. The molecule has 0 radical (unpaired) electrons. The molecule has 0 bridgehead atoms. The molecule has 1 unspecified atom stereocenters. The van der Waals surface area contributed by atoms with Crippen molar-refractivity contribution < 1.29 is 22.6 Å². The molecule has 8 heteroatoms. The first kappa shape index (κ1) is 16.5. The Balaban J connectivity index is 2.06. The lowest BCUT2D eigenvalue weighted by Crippen LogP contribution is -2.18. The lowest BCUT2D eigenvalue weighted by molar-refractivity contribution is -0.274. The van der Waals surface area contributed by atoms with Crippen molar-refractivity contribution in [1.29, 1.82) is 0 Å². The van der Waals surface area contributed by atoms with E-state index < -0.39 is 12.4 Å². The molecule has 2 rings (SSSR count). The number of azide groups is 1. The summed E-state index contributed by atoms with van der Waals surface area (Å²) in [6, 6.07) is 5.06. The van der Waals surface area contributed by atoms with E-state index in [9.17, 15) is 13.2 Å². The summed E-state index contributed by atoms with van der Waals surface area (Å²) in [6.07, 6.45) is -2.26. The van der Waals surface area contributed by atoms with Crippen molar-refractivity contribution >= 4 is 0 Å². The first-order valence-corrected chi connectivity index (χ1v) is 6.95. The fraction of sp³-hybridized carbons (Fsp3) is 0.571. The number of halogens is 3. The number of rotatable bonds is 5. The Morgan fingerprint density at radius 2 is 1.91 bits per heavy atom. The fourth-order valence-corrected chi connectivity index (χ4v) is 2.50. The second-order valence-electron chi connectivity index (χ2n) is 5.13. The van der Waals surface area contributed by atoms with E-state index in [1.54, 1.807) is 0 Å². The second kappa shape index (κ2) is 7.38. The Hall–Kier alpha value is -1.92. The molecule has 120 valence electrons. The summed E-state index contributed by atoms with van der Waals surface area (Å²) in [5.74, 6) is 0.0948. The highest BCUT2D eigenvalue weighted by Crippen LogP contribution is 2.32. The largest absolute Gasteiger partial charge is 0.573 e. The zero-order valence-corrected chi connectivity index (χ0v) is 11.8. The van der Waals surface area contributed by atoms with E-state index in [1.807, 2.05) is 0 Å². The number of hydrogen-bond acceptors (Lipinski definition) is 3. The Morgan fingerprint density at radius 1 is 1.27 bits per heavy atom. The fourth-order valence-electron chi connectivity index (χ4n) is 2.50. The summed E-state index contributed by atoms with van der Waals surface area (Å²) in [7, 11) is 0. The van der Waals surface area contributed by atoms with Crippen LogP contribution in [0.5, 0.6) is 5.75 Å². The average molecular weight is 315 g/mol. The monoisotopic (exact) mass is 315 g/mol. The minimum atomic E-state index is -4.71. The van der Waals surface area contributed by atoms with Crippen molar-refractivity contribution in [2.24, 2.45) is 11.0 Å². The molecule has 0 saturated carbocycles. The van der Waals surface area contributed by atoms with Gasteiger partial charge in [-0.1, -0.05) is 17.2 Å². The van der Waals surface area contributed by atoms with Gasteiger partial charge in [-0.2, -0.15) is 0 Å². The molecule has 0 aromatic heterocycles. The van der Waals surface area contributed by atoms with Crippen molar-refractivity contribution in [3.05, 3.63) is 40.3 Å². The molecule has 22 heavy (non-hydrogen) atoms. The van der Waals surface area contributed by atoms with Crippen molar-refractivity contribution in [2.75, 3.05) is 13.2 Å². The highest BCUT2D eigenvalue weighted by atomic mass is 19.4. The van der Waals surface area contributed by atoms with Gasteiger partial charge in [0.05, 0.1) is 6.04 Å². The van der Waals surface area contributed by atoms with Crippen LogP contribution in [0, 0.1) is 5.92 Å². The third-order valence-corrected chi connectivity index (χ3v) is 3.59. The van der Waals surface area contributed by atoms with Crippen LogP contribution in [0.1, 0.15) is 30.9 Å². The molecule has 0 aliphatic carbocycles. The predicted molar refractivity (Wildman–Crippen MR) is 73.2 cm³/mol. The van der Waals surface area contributed by atoms with Gasteiger partial charge in [0, 0.05) is 18.1 Å². The van der Waals surface area contributed by atoms with Gasteiger partial charge in [0.15, 0.2) is 0 Å². The number of hydrogen-bond donors (Lipinski definition) is 0. The number of ether oxygens (including phenoxy) is 2. The van der Waals surface area contributed by atoms with Crippen LogP contribution in [0.4, 0.5) is 13.2 Å². The summed E-state index contributed by atoms with van der Waals surface area (Å²) >= 11 is 0. The summed E-state index contributed by atoms with van der Waals surface area (Å²) in [6.45, 7) is 1.37. The van der Waals surface area contributed by atoms with Crippen LogP contribution in [-0.4, -0.2) is 19.6 Å². The lowest BCUT2D eigenvalue weighted by Gasteiger charge is -2.24. The molecule has 1 aromatic carbocycles. The molecular formula is C14H16F3N3O2.